The van der Waals surface area contributed by atoms with Crippen molar-refractivity contribution in [2.75, 3.05) is 0 Å². The third-order valence-electron chi connectivity index (χ3n) is 8.45. The molecular weight excluding hydrogens is 323 g/mol. The first-order valence-corrected chi connectivity index (χ1v) is 10.2. The van der Waals surface area contributed by atoms with Crippen LogP contribution in [0.4, 0.5) is 0 Å². The Morgan fingerprint density at radius 2 is 1.96 bits per heavy atom. The molecule has 3 nitrogen and oxygen atoms in total. The van der Waals surface area contributed by atoms with Crippen molar-refractivity contribution in [3.05, 3.63) is 22.8 Å². The van der Waals surface area contributed by atoms with E-state index in [4.69, 9.17) is 12.7 Å². The number of carbonyl (C=O) groups excluding carboxylic acids is 2. The van der Waals surface area contributed by atoms with E-state index in [9.17, 15) is 9.59 Å². The summed E-state index contributed by atoms with van der Waals surface area (Å²) in [7, 11) is 5.34. The minimum atomic E-state index is -0.541. The molecule has 2 radical (unpaired) electrons. The van der Waals surface area contributed by atoms with Crippen molar-refractivity contribution in [2.24, 2.45) is 22.7 Å². The summed E-state index contributed by atoms with van der Waals surface area (Å²) in [6, 6.07) is 0. The maximum Gasteiger partial charge on any atom is 0.283 e. The number of hydrogen-bond acceptors (Lipinski definition) is 3. The fraction of sp³-hybridized carbons (Fsp3) is 0.727. The summed E-state index contributed by atoms with van der Waals surface area (Å²) in [4.78, 5) is 24.9. The van der Waals surface area contributed by atoms with Crippen LogP contribution >= 0.6 is 0 Å². The number of carbonyl (C=O) groups is 2. The van der Waals surface area contributed by atoms with Crippen LogP contribution in [0.3, 0.4) is 0 Å². The van der Waals surface area contributed by atoms with Crippen LogP contribution in [0.15, 0.2) is 22.8 Å². The Morgan fingerprint density at radius 3 is 2.69 bits per heavy atom. The molecule has 0 heterocycles. The van der Waals surface area contributed by atoms with E-state index < -0.39 is 6.10 Å². The highest BCUT2D eigenvalue weighted by atomic mass is 16.4. The average Bonchev–Trinajstić information content (AvgIpc) is 2.92. The summed E-state index contributed by atoms with van der Waals surface area (Å²) >= 11 is 0. The second kappa shape index (κ2) is 6.19. The topological polar surface area (TPSA) is 43.4 Å². The van der Waals surface area contributed by atoms with Crippen LogP contribution < -0.4 is 0 Å². The van der Waals surface area contributed by atoms with Crippen LogP contribution in [-0.4, -0.2) is 25.7 Å². The van der Waals surface area contributed by atoms with Gasteiger partial charge in [0, 0.05) is 11.8 Å². The molecule has 4 aliphatic carbocycles. The predicted octanol–water partition coefficient (Wildman–Crippen LogP) is 4.26. The van der Waals surface area contributed by atoms with Gasteiger partial charge in [0.2, 0.25) is 0 Å². The molecule has 26 heavy (non-hydrogen) atoms. The predicted molar refractivity (Wildman–Crippen MR) is 102 cm³/mol. The van der Waals surface area contributed by atoms with Gasteiger partial charge in [0.25, 0.3) is 8.05 Å². The first-order valence-electron chi connectivity index (χ1n) is 10.2. The highest BCUT2D eigenvalue weighted by molar-refractivity contribution is 6.01. The number of fused-ring (bicyclic) bond motifs is 4. The van der Waals surface area contributed by atoms with Gasteiger partial charge in [-0.2, -0.15) is 0 Å². The minimum Gasteiger partial charge on any atom is -0.439 e. The second-order valence-corrected chi connectivity index (χ2v) is 9.32. The SMILES string of the molecule is [B]OC(C)C(=O)C1(C)CCC2C3CCC4=CC(=O)CCC4=C3CCC21C. The molecule has 0 bridgehead atoms. The maximum atomic E-state index is 13.1. The second-order valence-electron chi connectivity index (χ2n) is 9.32. The Balaban J connectivity index is 1.69. The maximum absolute atomic E-state index is 13.1. The van der Waals surface area contributed by atoms with Crippen LogP contribution in [0.1, 0.15) is 72.1 Å². The molecule has 138 valence electrons. The van der Waals surface area contributed by atoms with Gasteiger partial charge in [0.05, 0.1) is 6.10 Å². The Bertz CT molecular complexity index is 721. The first-order chi connectivity index (χ1) is 12.3. The van der Waals surface area contributed by atoms with Crippen molar-refractivity contribution in [3.63, 3.8) is 0 Å². The molecule has 0 aliphatic heterocycles. The fourth-order valence-corrected chi connectivity index (χ4v) is 6.71. The van der Waals surface area contributed by atoms with Crippen LogP contribution in [-0.2, 0) is 14.2 Å². The normalized spacial score (nSPS) is 40.4. The average molecular weight is 352 g/mol. The minimum absolute atomic E-state index is 0.0112. The number of ketones is 2. The third-order valence-corrected chi connectivity index (χ3v) is 8.45. The van der Waals surface area contributed by atoms with E-state index in [0.29, 0.717) is 24.0 Å². The van der Waals surface area contributed by atoms with E-state index in [1.807, 2.05) is 6.08 Å². The first kappa shape index (κ1) is 18.2. The monoisotopic (exact) mass is 352 g/mol. The zero-order valence-corrected chi connectivity index (χ0v) is 16.3. The van der Waals surface area contributed by atoms with Gasteiger partial charge in [-0.3, -0.25) is 9.59 Å². The number of hydrogen-bond donors (Lipinski definition) is 0. The lowest BCUT2D eigenvalue weighted by Crippen LogP contribution is -2.50. The van der Waals surface area contributed by atoms with Crippen molar-refractivity contribution >= 4 is 19.6 Å². The molecule has 0 saturated heterocycles. The van der Waals surface area contributed by atoms with E-state index in [2.05, 4.69) is 13.8 Å². The zero-order chi connectivity index (χ0) is 18.7. The molecule has 4 rings (SSSR count). The highest BCUT2D eigenvalue weighted by Gasteiger charge is 2.62. The van der Waals surface area contributed by atoms with Crippen molar-refractivity contribution in [2.45, 2.75) is 78.2 Å². The molecule has 0 spiro atoms. The van der Waals surface area contributed by atoms with Gasteiger partial charge in [-0.25, -0.2) is 0 Å². The van der Waals surface area contributed by atoms with Gasteiger partial charge in [-0.1, -0.05) is 19.4 Å². The molecule has 0 aromatic rings. The van der Waals surface area contributed by atoms with Gasteiger partial charge in [0.15, 0.2) is 11.6 Å². The third kappa shape index (κ3) is 2.37. The highest BCUT2D eigenvalue weighted by Crippen LogP contribution is 2.67. The van der Waals surface area contributed by atoms with Crippen molar-refractivity contribution in [3.8, 4) is 0 Å². The van der Waals surface area contributed by atoms with Crippen LogP contribution in [0.5, 0.6) is 0 Å². The number of allylic oxidation sites excluding steroid dienone is 4. The van der Waals surface area contributed by atoms with Crippen LogP contribution in [0.2, 0.25) is 0 Å². The Hall–Kier alpha value is -1.16. The standard InChI is InChI=1S/C22H29BO3/c1-13(26-23)20(25)22(3)11-9-19-18-6-4-14-12-15(24)5-7-16(14)17(18)8-10-21(19,22)2/h12-13,18-19H,4-11H2,1-3H3. The van der Waals surface area contributed by atoms with Gasteiger partial charge in [-0.15, -0.1) is 0 Å². The summed E-state index contributed by atoms with van der Waals surface area (Å²) in [5.74, 6) is 1.59. The van der Waals surface area contributed by atoms with E-state index in [1.54, 1.807) is 12.5 Å². The lowest BCUT2D eigenvalue weighted by molar-refractivity contribution is -0.142. The Labute approximate surface area is 158 Å². The largest absolute Gasteiger partial charge is 0.439 e. The van der Waals surface area contributed by atoms with Gasteiger partial charge in [0.1, 0.15) is 0 Å². The Morgan fingerprint density at radius 1 is 1.19 bits per heavy atom. The smallest absolute Gasteiger partial charge is 0.283 e. The summed E-state index contributed by atoms with van der Waals surface area (Å²) in [5, 5.41) is 0. The summed E-state index contributed by atoms with van der Waals surface area (Å²) in [6.45, 7) is 6.26. The molecular formula is C22H29BO3. The molecule has 0 aromatic carbocycles. The molecule has 0 aromatic heterocycles. The molecule has 2 fully saturated rings. The quantitative estimate of drug-likeness (QED) is 0.713. The summed E-state index contributed by atoms with van der Waals surface area (Å²) < 4.78 is 4.90. The van der Waals surface area contributed by atoms with Crippen LogP contribution in [0.25, 0.3) is 0 Å². The van der Waals surface area contributed by atoms with Gasteiger partial charge in [-0.05, 0) is 86.3 Å². The lowest BCUT2D eigenvalue weighted by Gasteiger charge is -2.52. The number of Topliss-reactive ketones (excluding diaryl/α,β-unsaturated/α-hetero) is 1. The Kier molecular flexibility index (Phi) is 4.34. The van der Waals surface area contributed by atoms with E-state index in [-0.39, 0.29) is 16.6 Å². The van der Waals surface area contributed by atoms with Gasteiger partial charge < -0.3 is 4.65 Å². The molecule has 4 heteroatoms. The van der Waals surface area contributed by atoms with Crippen molar-refractivity contribution < 1.29 is 14.2 Å². The summed E-state index contributed by atoms with van der Waals surface area (Å²) in [6.07, 6.45) is 9.26. The molecule has 0 N–H and O–H groups in total. The lowest BCUT2D eigenvalue weighted by atomic mass is 9.51. The zero-order valence-electron chi connectivity index (χ0n) is 16.3. The molecule has 2 saturated carbocycles. The van der Waals surface area contributed by atoms with E-state index in [1.165, 1.54) is 11.1 Å². The van der Waals surface area contributed by atoms with Gasteiger partial charge >= 0.3 is 0 Å². The molecule has 4 aliphatic rings. The molecule has 5 unspecified atom stereocenters. The van der Waals surface area contributed by atoms with Crippen molar-refractivity contribution in [1.29, 1.82) is 0 Å². The van der Waals surface area contributed by atoms with Crippen molar-refractivity contribution in [1.82, 2.24) is 0 Å². The van der Waals surface area contributed by atoms with E-state index >= 15 is 0 Å². The molecule has 0 amide bonds. The van der Waals surface area contributed by atoms with Crippen LogP contribution in [0, 0.1) is 22.7 Å². The van der Waals surface area contributed by atoms with E-state index in [0.717, 1.165) is 44.9 Å². The summed E-state index contributed by atoms with van der Waals surface area (Å²) in [5.41, 5.74) is 4.06. The fourth-order valence-electron chi connectivity index (χ4n) is 6.71. The molecule has 5 atom stereocenters. The number of rotatable bonds is 3.